The molecule has 0 bridgehead atoms. The molecule has 0 aliphatic rings. The summed E-state index contributed by atoms with van der Waals surface area (Å²) in [6, 6.07) is 27.7. The minimum Gasteiger partial charge on any atom is -0.488 e. The molecule has 0 saturated carbocycles. The average molecular weight is 361 g/mol. The molecule has 0 aromatic heterocycles. The Morgan fingerprint density at radius 1 is 0.889 bits per heavy atom. The lowest BCUT2D eigenvalue weighted by atomic mass is 10.0. The molecule has 1 atom stereocenters. The molecule has 0 fully saturated rings. The summed E-state index contributed by atoms with van der Waals surface area (Å²) in [7, 11) is 2.00. The summed E-state index contributed by atoms with van der Waals surface area (Å²) in [5, 5.41) is 3.05. The van der Waals surface area contributed by atoms with Gasteiger partial charge in [0.1, 0.15) is 18.9 Å². The molecule has 3 rings (SSSR count). The zero-order valence-electron chi connectivity index (χ0n) is 15.5. The number of carbonyl (C=O) groups excluding carboxylic acids is 1. The van der Waals surface area contributed by atoms with E-state index >= 15 is 0 Å². The third kappa shape index (κ3) is 5.69. The van der Waals surface area contributed by atoms with Crippen molar-refractivity contribution < 1.29 is 14.4 Å². The second-order valence-electron chi connectivity index (χ2n) is 6.51. The fourth-order valence-corrected chi connectivity index (χ4v) is 2.88. The zero-order valence-corrected chi connectivity index (χ0v) is 15.5. The average Bonchev–Trinajstić information content (AvgIpc) is 2.70. The lowest BCUT2D eigenvalue weighted by Crippen LogP contribution is -3.10. The number of carbonyl (C=O) groups is 1. The van der Waals surface area contributed by atoms with Crippen LogP contribution in [0.15, 0.2) is 84.9 Å². The fourth-order valence-electron chi connectivity index (χ4n) is 2.88. The van der Waals surface area contributed by atoms with Gasteiger partial charge in [-0.1, -0.05) is 66.7 Å². The van der Waals surface area contributed by atoms with Crippen molar-refractivity contribution in [1.29, 1.82) is 0 Å². The number of para-hydroxylation sites is 2. The first-order valence-electron chi connectivity index (χ1n) is 9.16. The molecule has 0 spiro atoms. The van der Waals surface area contributed by atoms with E-state index in [4.69, 9.17) is 4.74 Å². The third-order valence-electron chi connectivity index (χ3n) is 4.29. The lowest BCUT2D eigenvalue weighted by molar-refractivity contribution is -0.871. The van der Waals surface area contributed by atoms with Crippen molar-refractivity contribution >= 4 is 11.6 Å². The standard InChI is InChI=1S/C23H24N2O2/c1-25(16-17-27-20-12-6-3-7-13-20)18-23(26)24-22-15-9-8-14-21(22)19-10-4-2-5-11-19/h2-15H,16-18H2,1H3,(H,24,26)/p+1. The van der Waals surface area contributed by atoms with Crippen molar-refractivity contribution in [3.63, 3.8) is 0 Å². The summed E-state index contributed by atoms with van der Waals surface area (Å²) in [6.07, 6.45) is 0. The Balaban J connectivity index is 1.52. The highest BCUT2D eigenvalue weighted by atomic mass is 16.5. The Morgan fingerprint density at radius 2 is 1.52 bits per heavy atom. The topological polar surface area (TPSA) is 42.8 Å². The van der Waals surface area contributed by atoms with Gasteiger partial charge in [0.2, 0.25) is 0 Å². The van der Waals surface area contributed by atoms with E-state index in [1.54, 1.807) is 0 Å². The maximum Gasteiger partial charge on any atom is 0.279 e. The van der Waals surface area contributed by atoms with E-state index in [0.717, 1.165) is 34.0 Å². The summed E-state index contributed by atoms with van der Waals surface area (Å²) in [4.78, 5) is 13.6. The molecule has 0 heterocycles. The Labute approximate surface area is 160 Å². The number of likely N-dealkylation sites (N-methyl/N-ethyl adjacent to an activating group) is 1. The predicted octanol–water partition coefficient (Wildman–Crippen LogP) is 2.89. The number of amides is 1. The Hall–Kier alpha value is -3.11. The smallest absolute Gasteiger partial charge is 0.279 e. The largest absolute Gasteiger partial charge is 0.488 e. The molecule has 138 valence electrons. The first-order chi connectivity index (χ1) is 13.2. The van der Waals surface area contributed by atoms with Gasteiger partial charge in [0.05, 0.1) is 7.05 Å². The molecule has 0 saturated heterocycles. The molecule has 0 aliphatic heterocycles. The molecule has 0 radical (unpaired) electrons. The van der Waals surface area contributed by atoms with Crippen LogP contribution >= 0.6 is 0 Å². The molecule has 2 N–H and O–H groups in total. The van der Waals surface area contributed by atoms with Crippen molar-refractivity contribution in [1.82, 2.24) is 0 Å². The molecule has 4 nitrogen and oxygen atoms in total. The highest BCUT2D eigenvalue weighted by Gasteiger charge is 2.12. The quantitative estimate of drug-likeness (QED) is 0.648. The summed E-state index contributed by atoms with van der Waals surface area (Å²) in [5.74, 6) is 0.849. The zero-order chi connectivity index (χ0) is 18.9. The number of quaternary nitrogens is 1. The number of rotatable bonds is 8. The van der Waals surface area contributed by atoms with Gasteiger partial charge in [0, 0.05) is 11.3 Å². The first-order valence-corrected chi connectivity index (χ1v) is 9.16. The van der Waals surface area contributed by atoms with Gasteiger partial charge < -0.3 is 15.0 Å². The van der Waals surface area contributed by atoms with Crippen molar-refractivity contribution in [2.75, 3.05) is 32.1 Å². The number of nitrogens with one attached hydrogen (secondary N) is 2. The molecule has 1 unspecified atom stereocenters. The van der Waals surface area contributed by atoms with Gasteiger partial charge >= 0.3 is 0 Å². The van der Waals surface area contributed by atoms with Gasteiger partial charge in [0.15, 0.2) is 6.54 Å². The Morgan fingerprint density at radius 3 is 2.26 bits per heavy atom. The minimum absolute atomic E-state index is 0.00408. The SMILES string of the molecule is C[NH+](CCOc1ccccc1)CC(=O)Nc1ccccc1-c1ccccc1. The van der Waals surface area contributed by atoms with Gasteiger partial charge in [0.25, 0.3) is 5.91 Å². The van der Waals surface area contributed by atoms with Crippen LogP contribution in [0.25, 0.3) is 11.1 Å². The minimum atomic E-state index is -0.00408. The van der Waals surface area contributed by atoms with Crippen LogP contribution < -0.4 is 15.0 Å². The fraction of sp³-hybridized carbons (Fsp3) is 0.174. The van der Waals surface area contributed by atoms with Crippen LogP contribution in [-0.2, 0) is 4.79 Å². The summed E-state index contributed by atoms with van der Waals surface area (Å²) in [6.45, 7) is 1.72. The normalized spacial score (nSPS) is 11.6. The summed E-state index contributed by atoms with van der Waals surface area (Å²) >= 11 is 0. The number of hydrogen-bond donors (Lipinski definition) is 2. The third-order valence-corrected chi connectivity index (χ3v) is 4.29. The van der Waals surface area contributed by atoms with Crippen molar-refractivity contribution in [2.45, 2.75) is 0 Å². The van der Waals surface area contributed by atoms with E-state index in [1.165, 1.54) is 0 Å². The highest BCUT2D eigenvalue weighted by molar-refractivity contribution is 5.96. The van der Waals surface area contributed by atoms with E-state index in [0.29, 0.717) is 13.2 Å². The molecular formula is C23H25N2O2+. The summed E-state index contributed by atoms with van der Waals surface area (Å²) < 4.78 is 5.70. The van der Waals surface area contributed by atoms with Crippen LogP contribution in [0.4, 0.5) is 5.69 Å². The number of hydrogen-bond acceptors (Lipinski definition) is 2. The number of benzene rings is 3. The van der Waals surface area contributed by atoms with Crippen LogP contribution in [0, 0.1) is 0 Å². The maximum atomic E-state index is 12.5. The first kappa shape index (κ1) is 18.7. The van der Waals surface area contributed by atoms with E-state index in [1.807, 2.05) is 92.0 Å². The van der Waals surface area contributed by atoms with Gasteiger partial charge in [-0.05, 0) is 23.8 Å². The molecule has 4 heteroatoms. The molecule has 1 amide bonds. The Kier molecular flexibility index (Phi) is 6.61. The van der Waals surface area contributed by atoms with Gasteiger partial charge in [-0.2, -0.15) is 0 Å². The molecular weight excluding hydrogens is 336 g/mol. The van der Waals surface area contributed by atoms with E-state index < -0.39 is 0 Å². The maximum absolute atomic E-state index is 12.5. The van der Waals surface area contributed by atoms with E-state index in [2.05, 4.69) is 5.32 Å². The van der Waals surface area contributed by atoms with Crippen LogP contribution in [0.2, 0.25) is 0 Å². The second-order valence-corrected chi connectivity index (χ2v) is 6.51. The Bertz CT molecular complexity index is 851. The van der Waals surface area contributed by atoms with Crippen molar-refractivity contribution in [3.05, 3.63) is 84.9 Å². The van der Waals surface area contributed by atoms with E-state index in [-0.39, 0.29) is 5.91 Å². The van der Waals surface area contributed by atoms with Crippen LogP contribution in [-0.4, -0.2) is 32.7 Å². The van der Waals surface area contributed by atoms with Crippen molar-refractivity contribution in [3.8, 4) is 16.9 Å². The van der Waals surface area contributed by atoms with Gasteiger partial charge in [-0.3, -0.25) is 4.79 Å². The molecule has 27 heavy (non-hydrogen) atoms. The monoisotopic (exact) mass is 361 g/mol. The highest BCUT2D eigenvalue weighted by Crippen LogP contribution is 2.27. The molecule has 0 aliphatic carbocycles. The predicted molar refractivity (Wildman–Crippen MR) is 109 cm³/mol. The van der Waals surface area contributed by atoms with E-state index in [9.17, 15) is 4.79 Å². The number of ether oxygens (including phenoxy) is 1. The second kappa shape index (κ2) is 9.55. The molecule has 3 aromatic carbocycles. The van der Waals surface area contributed by atoms with Gasteiger partial charge in [-0.15, -0.1) is 0 Å². The van der Waals surface area contributed by atoms with Crippen LogP contribution in [0.3, 0.4) is 0 Å². The van der Waals surface area contributed by atoms with Crippen LogP contribution in [0.5, 0.6) is 5.75 Å². The van der Waals surface area contributed by atoms with Crippen molar-refractivity contribution in [2.24, 2.45) is 0 Å². The number of anilines is 1. The van der Waals surface area contributed by atoms with Gasteiger partial charge in [-0.25, -0.2) is 0 Å². The van der Waals surface area contributed by atoms with Crippen LogP contribution in [0.1, 0.15) is 0 Å². The lowest BCUT2D eigenvalue weighted by Gasteiger charge is -2.16. The molecule has 3 aromatic rings. The summed E-state index contributed by atoms with van der Waals surface area (Å²) in [5.41, 5.74) is 2.95.